The van der Waals surface area contributed by atoms with Crippen molar-refractivity contribution in [2.45, 2.75) is 47.6 Å². The smallest absolute Gasteiger partial charge is 0.316 e. The van der Waals surface area contributed by atoms with E-state index in [4.69, 9.17) is 5.73 Å². The Labute approximate surface area is 195 Å². The maximum atomic E-state index is 12.2. The molecule has 2 N–H and O–H groups in total. The molecule has 9 nitrogen and oxygen atoms in total. The highest BCUT2D eigenvalue weighted by Crippen LogP contribution is 2.26. The standard InChI is InChI=1S/C16H21N3O3.C8H14O3/c1-11(2)15(21)18-8-9-19(16(22)14(17)20)13(10-18)12-6-4-3-5-7-12;1-5(2)7(9)11-8(10)6(3)4/h3-7,11,13H,8-10H2,1-2H3,(H2,17,20);5-6H,1-4H3/t13-;/m1./s1. The fourth-order valence-electron chi connectivity index (χ4n) is 3.03. The maximum Gasteiger partial charge on any atom is 0.316 e. The Kier molecular flexibility index (Phi) is 10.7. The Morgan fingerprint density at radius 3 is 1.79 bits per heavy atom. The maximum absolute atomic E-state index is 12.2. The zero-order chi connectivity index (χ0) is 25.3. The van der Waals surface area contributed by atoms with E-state index in [1.807, 2.05) is 44.2 Å². The molecule has 0 aromatic heterocycles. The summed E-state index contributed by atoms with van der Waals surface area (Å²) >= 11 is 0. The second-order valence-electron chi connectivity index (χ2n) is 8.78. The summed E-state index contributed by atoms with van der Waals surface area (Å²) in [5.74, 6) is -3.11. The van der Waals surface area contributed by atoms with Crippen LogP contribution in [0.3, 0.4) is 0 Å². The van der Waals surface area contributed by atoms with Crippen molar-refractivity contribution in [1.29, 1.82) is 0 Å². The molecule has 1 aliphatic heterocycles. The number of hydrogen-bond acceptors (Lipinski definition) is 6. The second-order valence-corrected chi connectivity index (χ2v) is 8.78. The zero-order valence-corrected chi connectivity index (χ0v) is 20.2. The van der Waals surface area contributed by atoms with Crippen molar-refractivity contribution in [2.75, 3.05) is 19.6 Å². The van der Waals surface area contributed by atoms with Crippen molar-refractivity contribution in [3.63, 3.8) is 0 Å². The minimum absolute atomic E-state index is 0.0482. The predicted octanol–water partition coefficient (Wildman–Crippen LogP) is 1.91. The minimum Gasteiger partial charge on any atom is -0.393 e. The van der Waals surface area contributed by atoms with Gasteiger partial charge in [0.05, 0.1) is 17.9 Å². The third kappa shape index (κ3) is 8.32. The van der Waals surface area contributed by atoms with Crippen LogP contribution in [0.15, 0.2) is 30.3 Å². The van der Waals surface area contributed by atoms with E-state index in [0.717, 1.165) is 5.56 Å². The molecule has 0 unspecified atom stereocenters. The van der Waals surface area contributed by atoms with Crippen LogP contribution in [-0.2, 0) is 28.7 Å². The van der Waals surface area contributed by atoms with Crippen LogP contribution in [0.25, 0.3) is 0 Å². The van der Waals surface area contributed by atoms with E-state index < -0.39 is 23.8 Å². The molecular weight excluding hydrogens is 426 g/mol. The number of benzene rings is 1. The van der Waals surface area contributed by atoms with Gasteiger partial charge < -0.3 is 20.3 Å². The minimum atomic E-state index is -0.968. The molecule has 0 aliphatic carbocycles. The van der Waals surface area contributed by atoms with Crippen molar-refractivity contribution in [3.05, 3.63) is 35.9 Å². The first kappa shape index (κ1) is 27.8. The summed E-state index contributed by atoms with van der Waals surface area (Å²) in [6.45, 7) is 11.6. The van der Waals surface area contributed by atoms with Crippen molar-refractivity contribution in [2.24, 2.45) is 23.5 Å². The van der Waals surface area contributed by atoms with Crippen LogP contribution < -0.4 is 5.73 Å². The molecule has 9 heteroatoms. The van der Waals surface area contributed by atoms with Gasteiger partial charge in [-0.3, -0.25) is 24.0 Å². The van der Waals surface area contributed by atoms with E-state index in [1.54, 1.807) is 32.6 Å². The Bertz CT molecular complexity index is 833. The highest BCUT2D eigenvalue weighted by molar-refractivity contribution is 6.34. The monoisotopic (exact) mass is 461 g/mol. The molecule has 2 rings (SSSR count). The van der Waals surface area contributed by atoms with Crippen LogP contribution in [-0.4, -0.2) is 59.1 Å². The number of rotatable bonds is 4. The Hall–Kier alpha value is -3.23. The molecule has 1 saturated heterocycles. The molecule has 0 radical (unpaired) electrons. The number of hydrogen-bond donors (Lipinski definition) is 1. The molecular formula is C24H35N3O6. The average Bonchev–Trinajstić information content (AvgIpc) is 2.78. The lowest BCUT2D eigenvalue weighted by Gasteiger charge is -2.41. The lowest BCUT2D eigenvalue weighted by Crippen LogP contribution is -2.55. The number of primary amides is 1. The number of carbonyl (C=O) groups excluding carboxylic acids is 5. The Morgan fingerprint density at radius 2 is 1.36 bits per heavy atom. The van der Waals surface area contributed by atoms with Gasteiger partial charge in [0.15, 0.2) is 0 Å². The second kappa shape index (κ2) is 12.7. The quantitative estimate of drug-likeness (QED) is 0.414. The summed E-state index contributed by atoms with van der Waals surface area (Å²) in [5, 5.41) is 0. The summed E-state index contributed by atoms with van der Waals surface area (Å²) in [6.07, 6.45) is 0. The molecule has 3 amide bonds. The van der Waals surface area contributed by atoms with E-state index in [0.29, 0.717) is 19.6 Å². The molecule has 1 aliphatic rings. The molecule has 1 aromatic rings. The fraction of sp³-hybridized carbons (Fsp3) is 0.542. The van der Waals surface area contributed by atoms with Crippen molar-refractivity contribution in [1.82, 2.24) is 9.80 Å². The van der Waals surface area contributed by atoms with Gasteiger partial charge in [0.1, 0.15) is 0 Å². The topological polar surface area (TPSA) is 127 Å². The van der Waals surface area contributed by atoms with Gasteiger partial charge in [-0.05, 0) is 5.56 Å². The summed E-state index contributed by atoms with van der Waals surface area (Å²) in [7, 11) is 0. The van der Waals surface area contributed by atoms with Gasteiger partial charge in [-0.2, -0.15) is 0 Å². The highest BCUT2D eigenvalue weighted by atomic mass is 16.6. The van der Waals surface area contributed by atoms with Gasteiger partial charge in [-0.25, -0.2) is 0 Å². The molecule has 1 heterocycles. The van der Waals surface area contributed by atoms with E-state index in [2.05, 4.69) is 4.74 Å². The molecule has 0 saturated carbocycles. The zero-order valence-electron chi connectivity index (χ0n) is 20.2. The predicted molar refractivity (Wildman–Crippen MR) is 122 cm³/mol. The van der Waals surface area contributed by atoms with E-state index >= 15 is 0 Å². The lowest BCUT2D eigenvalue weighted by atomic mass is 10.0. The van der Waals surface area contributed by atoms with Crippen molar-refractivity contribution < 1.29 is 28.7 Å². The first-order chi connectivity index (χ1) is 15.4. The summed E-state index contributed by atoms with van der Waals surface area (Å²) < 4.78 is 4.50. The number of ether oxygens (including phenoxy) is 1. The Balaban J connectivity index is 0.000000420. The van der Waals surface area contributed by atoms with Crippen LogP contribution in [0.1, 0.15) is 53.1 Å². The van der Waals surface area contributed by atoms with E-state index in [1.165, 1.54) is 4.90 Å². The number of amides is 3. The van der Waals surface area contributed by atoms with E-state index in [9.17, 15) is 24.0 Å². The highest BCUT2D eigenvalue weighted by Gasteiger charge is 2.35. The number of piperazine rings is 1. The molecule has 0 bridgehead atoms. The van der Waals surface area contributed by atoms with Crippen molar-refractivity contribution in [3.8, 4) is 0 Å². The third-order valence-corrected chi connectivity index (χ3v) is 4.99. The van der Waals surface area contributed by atoms with Gasteiger partial charge in [0, 0.05) is 25.6 Å². The summed E-state index contributed by atoms with van der Waals surface area (Å²) in [6, 6.07) is 9.03. The molecule has 1 fully saturated rings. The molecule has 1 aromatic carbocycles. The fourth-order valence-corrected chi connectivity index (χ4v) is 3.03. The van der Waals surface area contributed by atoms with Crippen molar-refractivity contribution >= 4 is 29.7 Å². The van der Waals surface area contributed by atoms with Gasteiger partial charge in [-0.1, -0.05) is 71.9 Å². The Morgan fingerprint density at radius 1 is 0.848 bits per heavy atom. The molecule has 33 heavy (non-hydrogen) atoms. The first-order valence-electron chi connectivity index (χ1n) is 11.1. The number of carbonyl (C=O) groups is 5. The third-order valence-electron chi connectivity index (χ3n) is 4.99. The number of nitrogens with two attached hydrogens (primary N) is 1. The number of esters is 2. The largest absolute Gasteiger partial charge is 0.393 e. The van der Waals surface area contributed by atoms with Gasteiger partial charge in [-0.15, -0.1) is 0 Å². The average molecular weight is 462 g/mol. The van der Waals surface area contributed by atoms with Gasteiger partial charge in [0.25, 0.3) is 0 Å². The van der Waals surface area contributed by atoms with Crippen LogP contribution in [0.2, 0.25) is 0 Å². The van der Waals surface area contributed by atoms with Crippen LogP contribution in [0.5, 0.6) is 0 Å². The van der Waals surface area contributed by atoms with Gasteiger partial charge in [0.2, 0.25) is 5.91 Å². The lowest BCUT2D eigenvalue weighted by molar-refractivity contribution is -0.164. The molecule has 0 spiro atoms. The number of nitrogens with zero attached hydrogens (tertiary/aromatic N) is 2. The van der Waals surface area contributed by atoms with E-state index in [-0.39, 0.29) is 29.7 Å². The summed E-state index contributed by atoms with van der Waals surface area (Å²) in [4.78, 5) is 60.3. The SMILES string of the molecule is CC(C)C(=O)N1CCN(C(=O)C(N)=O)[C@@H](c2ccccc2)C1.CC(C)C(=O)OC(=O)C(C)C. The van der Waals surface area contributed by atoms with Crippen LogP contribution >= 0.6 is 0 Å². The van der Waals surface area contributed by atoms with Crippen LogP contribution in [0, 0.1) is 17.8 Å². The van der Waals surface area contributed by atoms with Crippen LogP contribution in [0.4, 0.5) is 0 Å². The normalized spacial score (nSPS) is 15.7. The first-order valence-corrected chi connectivity index (χ1v) is 11.1. The molecule has 182 valence electrons. The molecule has 1 atom stereocenters. The summed E-state index contributed by atoms with van der Waals surface area (Å²) in [5.41, 5.74) is 6.03. The van der Waals surface area contributed by atoms with Gasteiger partial charge >= 0.3 is 23.8 Å².